The second-order valence-corrected chi connectivity index (χ2v) is 7.03. The molecule has 0 bridgehead atoms. The van der Waals surface area contributed by atoms with E-state index in [0.717, 1.165) is 16.6 Å². The van der Waals surface area contributed by atoms with E-state index >= 15 is 0 Å². The summed E-state index contributed by atoms with van der Waals surface area (Å²) in [6.45, 7) is 8.69. The average Bonchev–Trinajstić information content (AvgIpc) is 2.80. The number of pyridine rings is 1. The third-order valence-corrected chi connectivity index (χ3v) is 3.92. The Morgan fingerprint density at radius 2 is 2.14 bits per heavy atom. The van der Waals surface area contributed by atoms with Gasteiger partial charge in [-0.25, -0.2) is 9.78 Å². The largest absolute Gasteiger partial charge is 0.472 e. The molecule has 0 aromatic carbocycles. The molecule has 0 spiro atoms. The molecule has 1 aromatic heterocycles. The van der Waals surface area contributed by atoms with E-state index in [1.54, 1.807) is 4.90 Å². The van der Waals surface area contributed by atoms with E-state index in [-0.39, 0.29) is 12.2 Å². The lowest BCUT2D eigenvalue weighted by Gasteiger charge is -2.24. The fraction of sp³-hybridized carbons (Fsp3) is 0.600. The molecule has 2 heterocycles. The lowest BCUT2D eigenvalue weighted by atomic mass is 10.2. The van der Waals surface area contributed by atoms with Crippen LogP contribution in [-0.4, -0.2) is 40.8 Å². The Balaban J connectivity index is 1.90. The molecule has 5 nitrogen and oxygen atoms in total. The van der Waals surface area contributed by atoms with Crippen LogP contribution in [0.1, 0.15) is 32.9 Å². The molecule has 0 N–H and O–H groups in total. The molecule has 1 aliphatic heterocycles. The number of carbonyl (C=O) groups excluding carboxylic acids is 1. The van der Waals surface area contributed by atoms with Crippen LogP contribution in [0.25, 0.3) is 0 Å². The van der Waals surface area contributed by atoms with Gasteiger partial charge in [0.15, 0.2) is 0 Å². The van der Waals surface area contributed by atoms with E-state index in [0.29, 0.717) is 19.0 Å². The highest BCUT2D eigenvalue weighted by molar-refractivity contribution is 9.10. The van der Waals surface area contributed by atoms with Crippen LogP contribution in [0.15, 0.2) is 16.6 Å². The molecule has 116 valence electrons. The predicted octanol–water partition coefficient (Wildman–Crippen LogP) is 3.54. The van der Waals surface area contributed by atoms with Gasteiger partial charge in [0.1, 0.15) is 11.7 Å². The van der Waals surface area contributed by atoms with Gasteiger partial charge in [0.05, 0.1) is 12.2 Å². The minimum Gasteiger partial charge on any atom is -0.472 e. The number of likely N-dealkylation sites (tertiary alicyclic amines) is 1. The summed E-state index contributed by atoms with van der Waals surface area (Å²) in [4.78, 5) is 18.0. The number of aromatic nitrogens is 1. The first kappa shape index (κ1) is 16.1. The Kier molecular flexibility index (Phi) is 4.76. The lowest BCUT2D eigenvalue weighted by Crippen LogP contribution is -2.36. The molecular formula is C15H21BrN2O3. The van der Waals surface area contributed by atoms with Gasteiger partial charge in [-0.1, -0.05) is 0 Å². The van der Waals surface area contributed by atoms with Crippen molar-refractivity contribution in [3.63, 3.8) is 0 Å². The highest BCUT2D eigenvalue weighted by atomic mass is 79.9. The monoisotopic (exact) mass is 356 g/mol. The number of halogens is 1. The van der Waals surface area contributed by atoms with Gasteiger partial charge in [-0.15, -0.1) is 0 Å². The van der Waals surface area contributed by atoms with Crippen LogP contribution in [0.5, 0.6) is 5.88 Å². The zero-order chi connectivity index (χ0) is 15.6. The van der Waals surface area contributed by atoms with Crippen molar-refractivity contribution in [3.05, 3.63) is 22.3 Å². The normalized spacial score (nSPS) is 18.7. The Hall–Kier alpha value is -1.30. The maximum absolute atomic E-state index is 12.0. The molecule has 1 saturated heterocycles. The first-order valence-electron chi connectivity index (χ1n) is 7.02. The summed E-state index contributed by atoms with van der Waals surface area (Å²) in [5.74, 6) is 0.590. The number of hydrogen-bond donors (Lipinski definition) is 0. The molecule has 1 atom stereocenters. The van der Waals surface area contributed by atoms with Gasteiger partial charge in [0.25, 0.3) is 0 Å². The topological polar surface area (TPSA) is 51.7 Å². The van der Waals surface area contributed by atoms with Gasteiger partial charge < -0.3 is 14.4 Å². The van der Waals surface area contributed by atoms with Crippen LogP contribution in [-0.2, 0) is 4.74 Å². The van der Waals surface area contributed by atoms with Gasteiger partial charge in [-0.2, -0.15) is 0 Å². The number of nitrogens with zero attached hydrogens (tertiary/aromatic N) is 2. The molecule has 1 aliphatic rings. The van der Waals surface area contributed by atoms with Crippen LogP contribution >= 0.6 is 15.9 Å². The van der Waals surface area contributed by atoms with Crippen molar-refractivity contribution < 1.29 is 14.3 Å². The van der Waals surface area contributed by atoms with E-state index in [1.165, 1.54) is 0 Å². The number of carbonyl (C=O) groups is 1. The van der Waals surface area contributed by atoms with Crippen LogP contribution in [0.3, 0.4) is 0 Å². The van der Waals surface area contributed by atoms with E-state index in [2.05, 4.69) is 20.9 Å². The zero-order valence-corrected chi connectivity index (χ0v) is 14.4. The van der Waals surface area contributed by atoms with Crippen molar-refractivity contribution in [2.45, 2.75) is 45.8 Å². The summed E-state index contributed by atoms with van der Waals surface area (Å²) < 4.78 is 12.2. The van der Waals surface area contributed by atoms with E-state index in [1.807, 2.05) is 39.8 Å². The summed E-state index contributed by atoms with van der Waals surface area (Å²) in [6.07, 6.45) is 0.467. The summed E-state index contributed by atoms with van der Waals surface area (Å²) in [7, 11) is 0. The Morgan fingerprint density at radius 3 is 2.76 bits per heavy atom. The number of ether oxygens (including phenoxy) is 2. The molecule has 1 unspecified atom stereocenters. The molecule has 1 amide bonds. The van der Waals surface area contributed by atoms with Crippen LogP contribution in [0.4, 0.5) is 4.79 Å². The molecular weight excluding hydrogens is 336 g/mol. The van der Waals surface area contributed by atoms with Gasteiger partial charge >= 0.3 is 6.09 Å². The second kappa shape index (κ2) is 6.22. The van der Waals surface area contributed by atoms with E-state index in [9.17, 15) is 4.79 Å². The number of rotatable bonds is 2. The van der Waals surface area contributed by atoms with E-state index < -0.39 is 5.60 Å². The lowest BCUT2D eigenvalue weighted by molar-refractivity contribution is 0.0275. The predicted molar refractivity (Wildman–Crippen MR) is 83.5 cm³/mol. The summed E-state index contributed by atoms with van der Waals surface area (Å²) in [5.41, 5.74) is 0.412. The van der Waals surface area contributed by atoms with Crippen molar-refractivity contribution in [1.29, 1.82) is 0 Å². The van der Waals surface area contributed by atoms with Crippen molar-refractivity contribution in [2.24, 2.45) is 0 Å². The third-order valence-electron chi connectivity index (χ3n) is 3.08. The van der Waals surface area contributed by atoms with Gasteiger partial charge in [-0.3, -0.25) is 0 Å². The van der Waals surface area contributed by atoms with Crippen LogP contribution in [0, 0.1) is 6.92 Å². The SMILES string of the molecule is Cc1nc(OC2CCN(C(=O)OC(C)(C)C)C2)ccc1Br. The van der Waals surface area contributed by atoms with E-state index in [4.69, 9.17) is 9.47 Å². The van der Waals surface area contributed by atoms with Crippen molar-refractivity contribution in [1.82, 2.24) is 9.88 Å². The second-order valence-electron chi connectivity index (χ2n) is 6.17. The van der Waals surface area contributed by atoms with Crippen molar-refractivity contribution in [2.75, 3.05) is 13.1 Å². The molecule has 1 aromatic rings. The smallest absolute Gasteiger partial charge is 0.410 e. The summed E-state index contributed by atoms with van der Waals surface area (Å²) >= 11 is 3.41. The molecule has 2 rings (SSSR count). The van der Waals surface area contributed by atoms with Crippen LogP contribution < -0.4 is 4.74 Å². The highest BCUT2D eigenvalue weighted by Gasteiger charge is 2.31. The maximum Gasteiger partial charge on any atom is 0.410 e. The average molecular weight is 357 g/mol. The Morgan fingerprint density at radius 1 is 1.43 bits per heavy atom. The molecule has 6 heteroatoms. The molecule has 0 radical (unpaired) electrons. The number of aryl methyl sites for hydroxylation is 1. The quantitative estimate of drug-likeness (QED) is 0.813. The minimum absolute atomic E-state index is 0.0365. The van der Waals surface area contributed by atoms with Crippen molar-refractivity contribution >= 4 is 22.0 Å². The highest BCUT2D eigenvalue weighted by Crippen LogP contribution is 2.22. The minimum atomic E-state index is -0.472. The number of amides is 1. The van der Waals surface area contributed by atoms with Gasteiger partial charge in [0.2, 0.25) is 5.88 Å². The molecule has 0 saturated carbocycles. The van der Waals surface area contributed by atoms with Gasteiger partial charge in [0, 0.05) is 23.5 Å². The fourth-order valence-corrected chi connectivity index (χ4v) is 2.29. The van der Waals surface area contributed by atoms with Crippen molar-refractivity contribution in [3.8, 4) is 5.88 Å². The standard InChI is InChI=1S/C15H21BrN2O3/c1-10-12(16)5-6-13(17-10)20-11-7-8-18(9-11)14(19)21-15(2,3)4/h5-6,11H,7-9H2,1-4H3. The van der Waals surface area contributed by atoms with Crippen LogP contribution in [0.2, 0.25) is 0 Å². The number of hydrogen-bond acceptors (Lipinski definition) is 4. The third kappa shape index (κ3) is 4.59. The fourth-order valence-electron chi connectivity index (χ4n) is 2.07. The first-order chi connectivity index (χ1) is 9.74. The summed E-state index contributed by atoms with van der Waals surface area (Å²) in [6, 6.07) is 3.74. The molecule has 0 aliphatic carbocycles. The van der Waals surface area contributed by atoms with Gasteiger partial charge in [-0.05, 0) is 49.7 Å². The molecule has 21 heavy (non-hydrogen) atoms. The molecule has 1 fully saturated rings. The first-order valence-corrected chi connectivity index (χ1v) is 7.81. The zero-order valence-electron chi connectivity index (χ0n) is 12.9. The Bertz CT molecular complexity index is 528. The maximum atomic E-state index is 12.0. The Labute approximate surface area is 133 Å². The summed E-state index contributed by atoms with van der Waals surface area (Å²) in [5, 5.41) is 0.